The van der Waals surface area contributed by atoms with Crippen molar-refractivity contribution in [2.45, 2.75) is 38.2 Å². The maximum atomic E-state index is 12.2. The predicted molar refractivity (Wildman–Crippen MR) is 75.2 cm³/mol. The first kappa shape index (κ1) is 13.9. The number of carbonyl (C=O) groups is 1. The number of hydrogen-bond acceptors (Lipinski definition) is 5. The zero-order chi connectivity index (χ0) is 15.1. The lowest BCUT2D eigenvalue weighted by Crippen LogP contribution is -2.42. The molecule has 2 atom stereocenters. The van der Waals surface area contributed by atoms with E-state index in [4.69, 9.17) is 4.74 Å². The van der Waals surface area contributed by atoms with Crippen molar-refractivity contribution < 1.29 is 9.53 Å². The number of carbonyl (C=O) groups excluding carboxylic acids is 1. The first-order valence-electron chi connectivity index (χ1n) is 7.03. The van der Waals surface area contributed by atoms with Gasteiger partial charge in [-0.2, -0.15) is 5.26 Å². The molecule has 0 N–H and O–H groups in total. The first-order valence-corrected chi connectivity index (χ1v) is 7.03. The minimum Gasteiger partial charge on any atom is -0.370 e. The molecule has 2 unspecified atom stereocenters. The second kappa shape index (κ2) is 4.74. The van der Waals surface area contributed by atoms with Crippen LogP contribution >= 0.6 is 0 Å². The summed E-state index contributed by atoms with van der Waals surface area (Å²) in [4.78, 5) is 20.6. The van der Waals surface area contributed by atoms with Gasteiger partial charge in [0.25, 0.3) is 0 Å². The van der Waals surface area contributed by atoms with Crippen molar-refractivity contribution in [2.24, 2.45) is 5.41 Å². The van der Waals surface area contributed by atoms with Gasteiger partial charge in [-0.3, -0.25) is 14.8 Å². The van der Waals surface area contributed by atoms with E-state index in [-0.39, 0.29) is 17.3 Å². The molecule has 1 aromatic rings. The SMILES string of the molecule is CC1(C)CC2(C=C(C#N)C1=O)CC(c1cnccn1)CO2. The van der Waals surface area contributed by atoms with E-state index in [0.717, 1.165) is 12.1 Å². The molecule has 0 radical (unpaired) electrons. The summed E-state index contributed by atoms with van der Waals surface area (Å²) in [5.74, 6) is 0.0565. The molecule has 21 heavy (non-hydrogen) atoms. The Bertz CT molecular complexity index is 645. The third kappa shape index (κ3) is 2.36. The zero-order valence-corrected chi connectivity index (χ0v) is 12.2. The fourth-order valence-corrected chi connectivity index (χ4v) is 3.39. The second-order valence-corrected chi connectivity index (χ2v) is 6.47. The molecule has 1 aliphatic carbocycles. The normalized spacial score (nSPS) is 31.0. The highest BCUT2D eigenvalue weighted by Crippen LogP contribution is 2.47. The van der Waals surface area contributed by atoms with E-state index < -0.39 is 11.0 Å². The molecule has 1 fully saturated rings. The van der Waals surface area contributed by atoms with Gasteiger partial charge in [-0.05, 0) is 18.9 Å². The van der Waals surface area contributed by atoms with Crippen LogP contribution in [0.3, 0.4) is 0 Å². The lowest BCUT2D eigenvalue weighted by Gasteiger charge is -2.38. The summed E-state index contributed by atoms with van der Waals surface area (Å²) in [6.07, 6.45) is 8.11. The van der Waals surface area contributed by atoms with Crippen LogP contribution in [-0.4, -0.2) is 28.0 Å². The molecule has 2 heterocycles. The van der Waals surface area contributed by atoms with Crippen LogP contribution in [0, 0.1) is 16.7 Å². The molecule has 0 saturated carbocycles. The van der Waals surface area contributed by atoms with E-state index in [1.807, 2.05) is 19.9 Å². The third-order valence-electron chi connectivity index (χ3n) is 4.29. The minimum atomic E-state index is -0.572. The van der Waals surface area contributed by atoms with Crippen molar-refractivity contribution in [3.8, 4) is 6.07 Å². The van der Waals surface area contributed by atoms with Crippen LogP contribution in [0.5, 0.6) is 0 Å². The summed E-state index contributed by atoms with van der Waals surface area (Å²) in [6.45, 7) is 4.29. The second-order valence-electron chi connectivity index (χ2n) is 6.47. The summed E-state index contributed by atoms with van der Waals surface area (Å²) in [5, 5.41) is 9.20. The van der Waals surface area contributed by atoms with Crippen LogP contribution in [0.4, 0.5) is 0 Å². The standard InChI is InChI=1S/C16H17N3O2/c1-15(2)10-16(5-11(7-17)14(15)20)6-12(9-21-16)13-8-18-3-4-19-13/h3-5,8,12H,6,9-10H2,1-2H3. The van der Waals surface area contributed by atoms with Crippen LogP contribution in [0.2, 0.25) is 0 Å². The maximum Gasteiger partial charge on any atom is 0.178 e. The Morgan fingerprint density at radius 3 is 2.90 bits per heavy atom. The van der Waals surface area contributed by atoms with Gasteiger partial charge in [0.15, 0.2) is 5.78 Å². The molecule has 3 rings (SSSR count). The van der Waals surface area contributed by atoms with Gasteiger partial charge in [-0.15, -0.1) is 0 Å². The number of nitriles is 1. The molecular formula is C16H17N3O2. The van der Waals surface area contributed by atoms with E-state index in [2.05, 4.69) is 9.97 Å². The first-order chi connectivity index (χ1) is 9.96. The third-order valence-corrected chi connectivity index (χ3v) is 4.29. The quantitative estimate of drug-likeness (QED) is 0.789. The lowest BCUT2D eigenvalue weighted by atomic mass is 9.68. The van der Waals surface area contributed by atoms with E-state index in [9.17, 15) is 10.1 Å². The summed E-state index contributed by atoms with van der Waals surface area (Å²) >= 11 is 0. The van der Waals surface area contributed by atoms with Crippen LogP contribution in [0.25, 0.3) is 0 Å². The minimum absolute atomic E-state index is 0.0952. The molecule has 1 aliphatic heterocycles. The monoisotopic (exact) mass is 283 g/mol. The Labute approximate surface area is 123 Å². The molecule has 5 heteroatoms. The van der Waals surface area contributed by atoms with E-state index in [1.54, 1.807) is 24.7 Å². The average molecular weight is 283 g/mol. The number of hydrogen-bond donors (Lipinski definition) is 0. The zero-order valence-electron chi connectivity index (χ0n) is 12.2. The Balaban J connectivity index is 1.92. The molecular weight excluding hydrogens is 266 g/mol. The largest absolute Gasteiger partial charge is 0.370 e. The summed E-state index contributed by atoms with van der Waals surface area (Å²) in [6, 6.07) is 2.02. The van der Waals surface area contributed by atoms with E-state index in [0.29, 0.717) is 13.0 Å². The molecule has 0 bridgehead atoms. The van der Waals surface area contributed by atoms with Crippen molar-refractivity contribution in [1.29, 1.82) is 5.26 Å². The van der Waals surface area contributed by atoms with Crippen LogP contribution in [-0.2, 0) is 9.53 Å². The van der Waals surface area contributed by atoms with Gasteiger partial charge in [-0.25, -0.2) is 0 Å². The van der Waals surface area contributed by atoms with Crippen LogP contribution in [0.15, 0.2) is 30.2 Å². The number of ketones is 1. The number of allylic oxidation sites excluding steroid dienone is 1. The topological polar surface area (TPSA) is 75.9 Å². The molecule has 108 valence electrons. The molecule has 0 amide bonds. The molecule has 1 saturated heterocycles. The van der Waals surface area contributed by atoms with Gasteiger partial charge in [0.2, 0.25) is 0 Å². The number of rotatable bonds is 1. The van der Waals surface area contributed by atoms with Gasteiger partial charge >= 0.3 is 0 Å². The lowest BCUT2D eigenvalue weighted by molar-refractivity contribution is -0.127. The molecule has 5 nitrogen and oxygen atoms in total. The maximum absolute atomic E-state index is 12.2. The van der Waals surface area contributed by atoms with Gasteiger partial charge in [0, 0.05) is 29.9 Å². The predicted octanol–water partition coefficient (Wildman–Crippen LogP) is 2.17. The van der Waals surface area contributed by atoms with Gasteiger partial charge in [0.1, 0.15) is 6.07 Å². The van der Waals surface area contributed by atoms with Crippen molar-refractivity contribution in [1.82, 2.24) is 9.97 Å². The summed E-state index contributed by atoms with van der Waals surface area (Å²) in [5.41, 5.74) is 0.00360. The Morgan fingerprint density at radius 1 is 1.43 bits per heavy atom. The van der Waals surface area contributed by atoms with Gasteiger partial charge in [-0.1, -0.05) is 13.8 Å². The van der Waals surface area contributed by atoms with Crippen molar-refractivity contribution in [3.05, 3.63) is 35.9 Å². The van der Waals surface area contributed by atoms with E-state index >= 15 is 0 Å². The molecule has 1 aromatic heterocycles. The fourth-order valence-electron chi connectivity index (χ4n) is 3.39. The number of aromatic nitrogens is 2. The number of Topliss-reactive ketones (excluding diaryl/α,β-unsaturated/α-hetero) is 1. The van der Waals surface area contributed by atoms with Crippen molar-refractivity contribution >= 4 is 5.78 Å². The Kier molecular flexibility index (Phi) is 3.14. The molecule has 1 spiro atoms. The summed E-state index contributed by atoms with van der Waals surface area (Å²) < 4.78 is 6.02. The Morgan fingerprint density at radius 2 is 2.24 bits per heavy atom. The highest BCUT2D eigenvalue weighted by Gasteiger charge is 2.50. The smallest absolute Gasteiger partial charge is 0.178 e. The highest BCUT2D eigenvalue weighted by molar-refractivity contribution is 6.03. The highest BCUT2D eigenvalue weighted by atomic mass is 16.5. The van der Waals surface area contributed by atoms with Crippen LogP contribution in [0.1, 0.15) is 38.3 Å². The summed E-state index contributed by atoms with van der Waals surface area (Å²) in [7, 11) is 0. The van der Waals surface area contributed by atoms with E-state index in [1.165, 1.54) is 0 Å². The Hall–Kier alpha value is -2.06. The number of ether oxygens (including phenoxy) is 1. The van der Waals surface area contributed by atoms with Crippen molar-refractivity contribution in [3.63, 3.8) is 0 Å². The van der Waals surface area contributed by atoms with Gasteiger partial charge < -0.3 is 4.74 Å². The fraction of sp³-hybridized carbons (Fsp3) is 0.500. The molecule has 2 aliphatic rings. The van der Waals surface area contributed by atoms with Crippen molar-refractivity contribution in [2.75, 3.05) is 6.61 Å². The number of nitrogens with zero attached hydrogens (tertiary/aromatic N) is 3. The molecule has 0 aromatic carbocycles. The van der Waals surface area contributed by atoms with Gasteiger partial charge in [0.05, 0.1) is 23.5 Å². The van der Waals surface area contributed by atoms with Crippen LogP contribution < -0.4 is 0 Å². The average Bonchev–Trinajstić information content (AvgIpc) is 2.87.